The van der Waals surface area contributed by atoms with Gasteiger partial charge in [0.05, 0.1) is 0 Å². The van der Waals surface area contributed by atoms with E-state index in [1.54, 1.807) is 18.2 Å². The van der Waals surface area contributed by atoms with Crippen molar-refractivity contribution in [2.75, 3.05) is 5.43 Å². The van der Waals surface area contributed by atoms with E-state index in [-0.39, 0.29) is 6.61 Å². The van der Waals surface area contributed by atoms with Crippen LogP contribution in [0.15, 0.2) is 18.2 Å². The molecule has 17 heavy (non-hydrogen) atoms. The van der Waals surface area contributed by atoms with Crippen LogP contribution in [-0.4, -0.2) is 9.59 Å². The Hall–Kier alpha value is -1.08. The van der Waals surface area contributed by atoms with Crippen molar-refractivity contribution in [2.24, 2.45) is 5.84 Å². The van der Waals surface area contributed by atoms with Crippen LogP contribution in [0.4, 0.5) is 5.00 Å². The highest BCUT2D eigenvalue weighted by atomic mass is 35.5. The van der Waals surface area contributed by atoms with E-state index in [4.69, 9.17) is 33.8 Å². The van der Waals surface area contributed by atoms with E-state index in [1.807, 2.05) is 0 Å². The Morgan fingerprint density at radius 3 is 2.65 bits per heavy atom. The number of nitrogens with one attached hydrogen (secondary N) is 1. The highest BCUT2D eigenvalue weighted by Crippen LogP contribution is 2.25. The Morgan fingerprint density at radius 1 is 1.29 bits per heavy atom. The Kier molecular flexibility index (Phi) is 4.01. The van der Waals surface area contributed by atoms with Gasteiger partial charge in [0.1, 0.15) is 18.1 Å². The number of rotatable bonds is 4. The lowest BCUT2D eigenvalue weighted by atomic mass is 10.3. The summed E-state index contributed by atoms with van der Waals surface area (Å²) in [4.78, 5) is 0. The second-order valence-corrected chi connectivity index (χ2v) is 4.71. The van der Waals surface area contributed by atoms with Gasteiger partial charge in [-0.05, 0) is 18.2 Å². The summed E-state index contributed by atoms with van der Waals surface area (Å²) >= 11 is 12.9. The number of nitrogens with two attached hydrogens (primary N) is 1. The van der Waals surface area contributed by atoms with Crippen molar-refractivity contribution in [1.29, 1.82) is 0 Å². The first-order chi connectivity index (χ1) is 8.19. The molecule has 0 bridgehead atoms. The Morgan fingerprint density at radius 2 is 2.00 bits per heavy atom. The summed E-state index contributed by atoms with van der Waals surface area (Å²) < 4.78 is 9.25. The molecule has 2 aromatic rings. The van der Waals surface area contributed by atoms with Gasteiger partial charge < -0.3 is 10.2 Å². The second-order valence-electron chi connectivity index (χ2n) is 3.09. The SMILES string of the molecule is NNc1snnc1COc1cc(Cl)cc(Cl)c1. The molecule has 8 heteroatoms. The van der Waals surface area contributed by atoms with Gasteiger partial charge in [0.15, 0.2) is 5.00 Å². The summed E-state index contributed by atoms with van der Waals surface area (Å²) in [5, 5.41) is 5.58. The summed E-state index contributed by atoms with van der Waals surface area (Å²) in [6.07, 6.45) is 0. The molecule has 0 aliphatic heterocycles. The number of anilines is 1. The molecule has 0 aliphatic carbocycles. The summed E-state index contributed by atoms with van der Waals surface area (Å²) in [5.41, 5.74) is 3.13. The van der Waals surface area contributed by atoms with Crippen LogP contribution < -0.4 is 16.0 Å². The smallest absolute Gasteiger partial charge is 0.150 e. The average Bonchev–Trinajstić information content (AvgIpc) is 2.72. The minimum Gasteiger partial charge on any atom is -0.487 e. The summed E-state index contributed by atoms with van der Waals surface area (Å²) in [5.74, 6) is 5.86. The first kappa shape index (κ1) is 12.4. The predicted molar refractivity (Wildman–Crippen MR) is 68.5 cm³/mol. The van der Waals surface area contributed by atoms with Gasteiger partial charge in [-0.2, -0.15) is 0 Å². The normalized spacial score (nSPS) is 10.3. The van der Waals surface area contributed by atoms with Gasteiger partial charge in [-0.3, -0.25) is 0 Å². The quantitative estimate of drug-likeness (QED) is 0.669. The number of hydrogen-bond acceptors (Lipinski definition) is 6. The molecule has 0 saturated carbocycles. The van der Waals surface area contributed by atoms with Gasteiger partial charge in [0, 0.05) is 21.6 Å². The molecule has 1 aromatic heterocycles. The van der Waals surface area contributed by atoms with Crippen molar-refractivity contribution in [3.05, 3.63) is 33.9 Å². The fraction of sp³-hybridized carbons (Fsp3) is 0.111. The number of nitrogens with zero attached hydrogens (tertiary/aromatic N) is 2. The fourth-order valence-corrected chi connectivity index (χ4v) is 2.16. The van der Waals surface area contributed by atoms with Crippen molar-refractivity contribution < 1.29 is 4.74 Å². The number of nitrogen functional groups attached to an aromatic ring is 1. The van der Waals surface area contributed by atoms with Gasteiger partial charge in [-0.15, -0.1) is 5.10 Å². The monoisotopic (exact) mass is 290 g/mol. The molecule has 0 unspecified atom stereocenters. The summed E-state index contributed by atoms with van der Waals surface area (Å²) in [7, 11) is 0. The van der Waals surface area contributed by atoms with Gasteiger partial charge in [0.25, 0.3) is 0 Å². The van der Waals surface area contributed by atoms with Crippen LogP contribution in [0, 0.1) is 0 Å². The number of benzene rings is 1. The lowest BCUT2D eigenvalue weighted by Gasteiger charge is -2.06. The van der Waals surface area contributed by atoms with Crippen LogP contribution in [-0.2, 0) is 6.61 Å². The lowest BCUT2D eigenvalue weighted by Crippen LogP contribution is -2.08. The van der Waals surface area contributed by atoms with Crippen LogP contribution in [0.1, 0.15) is 5.69 Å². The molecule has 1 heterocycles. The van der Waals surface area contributed by atoms with Gasteiger partial charge in [-0.25, -0.2) is 5.84 Å². The molecule has 3 N–H and O–H groups in total. The van der Waals surface area contributed by atoms with Gasteiger partial charge >= 0.3 is 0 Å². The fourth-order valence-electron chi connectivity index (χ4n) is 1.18. The molecule has 0 radical (unpaired) electrons. The topological polar surface area (TPSA) is 73.1 Å². The molecule has 5 nitrogen and oxygen atoms in total. The molecular weight excluding hydrogens is 283 g/mol. The minimum absolute atomic E-state index is 0.243. The lowest BCUT2D eigenvalue weighted by molar-refractivity contribution is 0.302. The van der Waals surface area contributed by atoms with E-state index in [2.05, 4.69) is 15.0 Å². The van der Waals surface area contributed by atoms with Crippen molar-refractivity contribution in [3.63, 3.8) is 0 Å². The van der Waals surface area contributed by atoms with Crippen LogP contribution in [0.25, 0.3) is 0 Å². The Bertz CT molecular complexity index is 499. The van der Waals surface area contributed by atoms with E-state index in [0.29, 0.717) is 26.5 Å². The second kappa shape index (κ2) is 5.50. The molecule has 0 saturated heterocycles. The van der Waals surface area contributed by atoms with Crippen LogP contribution in [0.5, 0.6) is 5.75 Å². The van der Waals surface area contributed by atoms with Crippen LogP contribution in [0.3, 0.4) is 0 Å². The number of hydrazine groups is 1. The molecule has 1 aromatic carbocycles. The van der Waals surface area contributed by atoms with E-state index >= 15 is 0 Å². The van der Waals surface area contributed by atoms with Crippen molar-refractivity contribution in [3.8, 4) is 5.75 Å². The molecule has 0 amide bonds. The predicted octanol–water partition coefficient (Wildman–Crippen LogP) is 2.71. The average molecular weight is 291 g/mol. The summed E-state index contributed by atoms with van der Waals surface area (Å²) in [6, 6.07) is 4.97. The maximum atomic E-state index is 5.85. The minimum atomic E-state index is 0.243. The standard InChI is InChI=1S/C9H8Cl2N4OS/c10-5-1-6(11)3-7(2-5)16-4-8-9(13-12)17-15-14-8/h1-3,13H,4,12H2. The molecule has 0 fully saturated rings. The molecule has 90 valence electrons. The van der Waals surface area contributed by atoms with Crippen molar-refractivity contribution >= 4 is 39.7 Å². The largest absolute Gasteiger partial charge is 0.487 e. The van der Waals surface area contributed by atoms with Crippen molar-refractivity contribution in [1.82, 2.24) is 9.59 Å². The molecule has 0 atom stereocenters. The summed E-state index contributed by atoms with van der Waals surface area (Å²) in [6.45, 7) is 0.243. The van der Waals surface area contributed by atoms with Gasteiger partial charge in [0.2, 0.25) is 0 Å². The molecule has 2 rings (SSSR count). The van der Waals surface area contributed by atoms with Crippen LogP contribution in [0.2, 0.25) is 10.0 Å². The number of aromatic nitrogens is 2. The maximum Gasteiger partial charge on any atom is 0.150 e. The van der Waals surface area contributed by atoms with Gasteiger partial charge in [-0.1, -0.05) is 27.7 Å². The Labute approximate surface area is 112 Å². The molecule has 0 spiro atoms. The first-order valence-electron chi connectivity index (χ1n) is 4.56. The van der Waals surface area contributed by atoms with Crippen molar-refractivity contribution in [2.45, 2.75) is 6.61 Å². The number of hydrogen-bond donors (Lipinski definition) is 2. The highest BCUT2D eigenvalue weighted by molar-refractivity contribution is 7.10. The third-order valence-electron chi connectivity index (χ3n) is 1.90. The number of halogens is 2. The van der Waals surface area contributed by atoms with E-state index in [1.165, 1.54) is 0 Å². The van der Waals surface area contributed by atoms with E-state index in [9.17, 15) is 0 Å². The maximum absolute atomic E-state index is 5.85. The van der Waals surface area contributed by atoms with Crippen LogP contribution >= 0.6 is 34.7 Å². The highest BCUT2D eigenvalue weighted by Gasteiger charge is 2.07. The third kappa shape index (κ3) is 3.19. The third-order valence-corrected chi connectivity index (χ3v) is 3.03. The first-order valence-corrected chi connectivity index (χ1v) is 6.08. The zero-order valence-corrected chi connectivity index (χ0v) is 10.8. The molecule has 0 aliphatic rings. The zero-order valence-electron chi connectivity index (χ0n) is 8.48. The van der Waals surface area contributed by atoms with E-state index < -0.39 is 0 Å². The zero-order chi connectivity index (χ0) is 12.3. The van der Waals surface area contributed by atoms with E-state index in [0.717, 1.165) is 11.5 Å². The molecular formula is C9H8Cl2N4OS. The number of ether oxygens (including phenoxy) is 1. The Balaban J connectivity index is 2.07.